The first-order chi connectivity index (χ1) is 12.6. The molecule has 0 unspecified atom stereocenters. The van der Waals surface area contributed by atoms with Crippen LogP contribution in [0.5, 0.6) is 0 Å². The van der Waals surface area contributed by atoms with Crippen LogP contribution in [0.2, 0.25) is 0 Å². The number of nitrogens with one attached hydrogen (secondary N) is 1. The second-order valence-electron chi connectivity index (χ2n) is 7.36. The van der Waals surface area contributed by atoms with Gasteiger partial charge in [-0.2, -0.15) is 4.31 Å². The first kappa shape index (κ1) is 19.8. The molecular formula is C18H27N5O3S. The fourth-order valence-corrected chi connectivity index (χ4v) is 4.12. The highest BCUT2D eigenvalue weighted by Gasteiger charge is 2.24. The SMILES string of the molecule is CC(C)NC(=O)c1ccc2c(c1)nc(CN1CCN(S(C)(=O)=O)CC1)n2C. The maximum Gasteiger partial charge on any atom is 0.251 e. The molecule has 3 rings (SSSR count). The Kier molecular flexibility index (Phi) is 5.55. The van der Waals surface area contributed by atoms with E-state index in [1.165, 1.54) is 10.6 Å². The lowest BCUT2D eigenvalue weighted by molar-refractivity contribution is 0.0943. The lowest BCUT2D eigenvalue weighted by atomic mass is 10.2. The summed E-state index contributed by atoms with van der Waals surface area (Å²) in [6.07, 6.45) is 1.25. The molecule has 0 radical (unpaired) electrons. The number of aryl methyl sites for hydroxylation is 1. The van der Waals surface area contributed by atoms with Gasteiger partial charge in [-0.05, 0) is 32.0 Å². The highest BCUT2D eigenvalue weighted by Crippen LogP contribution is 2.19. The minimum Gasteiger partial charge on any atom is -0.350 e. The van der Waals surface area contributed by atoms with Gasteiger partial charge in [0.15, 0.2) is 0 Å². The number of imidazole rings is 1. The third-order valence-electron chi connectivity index (χ3n) is 4.82. The van der Waals surface area contributed by atoms with Crippen LogP contribution in [0.25, 0.3) is 11.0 Å². The first-order valence-electron chi connectivity index (χ1n) is 9.09. The first-order valence-corrected chi connectivity index (χ1v) is 10.9. The monoisotopic (exact) mass is 393 g/mol. The van der Waals surface area contributed by atoms with Crippen molar-refractivity contribution >= 4 is 27.0 Å². The second kappa shape index (κ2) is 7.57. The van der Waals surface area contributed by atoms with Gasteiger partial charge in [-0.3, -0.25) is 9.69 Å². The van der Waals surface area contributed by atoms with Gasteiger partial charge < -0.3 is 9.88 Å². The average Bonchev–Trinajstić information content (AvgIpc) is 2.89. The quantitative estimate of drug-likeness (QED) is 0.811. The molecule has 27 heavy (non-hydrogen) atoms. The number of amides is 1. The number of hydrogen-bond acceptors (Lipinski definition) is 5. The summed E-state index contributed by atoms with van der Waals surface area (Å²) in [5.74, 6) is 0.801. The number of carbonyl (C=O) groups is 1. The van der Waals surface area contributed by atoms with Crippen LogP contribution in [0.1, 0.15) is 30.0 Å². The smallest absolute Gasteiger partial charge is 0.251 e. The second-order valence-corrected chi connectivity index (χ2v) is 9.34. The molecule has 1 N–H and O–H groups in total. The van der Waals surface area contributed by atoms with Crippen molar-refractivity contribution in [1.29, 1.82) is 0 Å². The lowest BCUT2D eigenvalue weighted by Gasteiger charge is -2.32. The molecule has 1 amide bonds. The van der Waals surface area contributed by atoms with Crippen LogP contribution in [-0.2, 0) is 23.6 Å². The van der Waals surface area contributed by atoms with E-state index in [0.29, 0.717) is 38.3 Å². The van der Waals surface area contributed by atoms with E-state index in [9.17, 15) is 13.2 Å². The van der Waals surface area contributed by atoms with Gasteiger partial charge in [0.2, 0.25) is 10.0 Å². The lowest BCUT2D eigenvalue weighted by Crippen LogP contribution is -2.48. The Bertz CT molecular complexity index is 943. The highest BCUT2D eigenvalue weighted by atomic mass is 32.2. The molecule has 1 fully saturated rings. The largest absolute Gasteiger partial charge is 0.350 e. The van der Waals surface area contributed by atoms with E-state index in [1.54, 1.807) is 0 Å². The molecule has 0 aliphatic carbocycles. The Labute approximate surface area is 160 Å². The van der Waals surface area contributed by atoms with Crippen molar-refractivity contribution in [3.8, 4) is 0 Å². The molecule has 1 aliphatic rings. The number of sulfonamides is 1. The number of hydrogen-bond donors (Lipinski definition) is 1. The average molecular weight is 394 g/mol. The standard InChI is InChI=1S/C18H27N5O3S/c1-13(2)19-18(24)14-5-6-16-15(11-14)20-17(21(16)3)12-22-7-9-23(10-8-22)27(4,25)26/h5-6,11,13H,7-10,12H2,1-4H3,(H,19,24). The normalized spacial score (nSPS) is 16.9. The molecule has 1 saturated heterocycles. The number of benzene rings is 1. The van der Waals surface area contributed by atoms with Crippen molar-refractivity contribution in [3.05, 3.63) is 29.6 Å². The van der Waals surface area contributed by atoms with Gasteiger partial charge in [-0.15, -0.1) is 0 Å². The summed E-state index contributed by atoms with van der Waals surface area (Å²) in [7, 11) is -1.16. The third-order valence-corrected chi connectivity index (χ3v) is 6.12. The summed E-state index contributed by atoms with van der Waals surface area (Å²) < 4.78 is 26.8. The zero-order valence-corrected chi connectivity index (χ0v) is 17.1. The fourth-order valence-electron chi connectivity index (χ4n) is 3.30. The van der Waals surface area contributed by atoms with E-state index in [4.69, 9.17) is 4.98 Å². The molecule has 1 aromatic heterocycles. The summed E-state index contributed by atoms with van der Waals surface area (Å²) in [6.45, 7) is 6.87. The van der Waals surface area contributed by atoms with Gasteiger partial charge in [0.05, 0.1) is 23.8 Å². The van der Waals surface area contributed by atoms with Crippen molar-refractivity contribution < 1.29 is 13.2 Å². The van der Waals surface area contributed by atoms with Crippen LogP contribution in [0.3, 0.4) is 0 Å². The summed E-state index contributed by atoms with van der Waals surface area (Å²) in [4.78, 5) is 19.1. The molecule has 8 nitrogen and oxygen atoms in total. The summed E-state index contributed by atoms with van der Waals surface area (Å²) >= 11 is 0. The maximum atomic E-state index is 12.2. The zero-order chi connectivity index (χ0) is 19.8. The summed E-state index contributed by atoms with van der Waals surface area (Å²) in [5.41, 5.74) is 2.36. The van der Waals surface area contributed by atoms with Gasteiger partial charge in [0.1, 0.15) is 5.82 Å². The van der Waals surface area contributed by atoms with Crippen molar-refractivity contribution in [2.45, 2.75) is 26.4 Å². The predicted molar refractivity (Wildman–Crippen MR) is 105 cm³/mol. The molecule has 1 aliphatic heterocycles. The van der Waals surface area contributed by atoms with E-state index >= 15 is 0 Å². The van der Waals surface area contributed by atoms with Crippen LogP contribution in [0.4, 0.5) is 0 Å². The van der Waals surface area contributed by atoms with Gasteiger partial charge in [-0.1, -0.05) is 0 Å². The third kappa shape index (κ3) is 4.48. The van der Waals surface area contributed by atoms with Crippen LogP contribution >= 0.6 is 0 Å². The van der Waals surface area contributed by atoms with E-state index in [-0.39, 0.29) is 11.9 Å². The van der Waals surface area contributed by atoms with E-state index in [0.717, 1.165) is 16.9 Å². The maximum absolute atomic E-state index is 12.2. The van der Waals surface area contributed by atoms with E-state index in [2.05, 4.69) is 10.2 Å². The molecule has 0 bridgehead atoms. The molecule has 148 valence electrons. The molecule has 9 heteroatoms. The molecular weight excluding hydrogens is 366 g/mol. The van der Waals surface area contributed by atoms with Crippen molar-refractivity contribution in [3.63, 3.8) is 0 Å². The number of carbonyl (C=O) groups excluding carboxylic acids is 1. The van der Waals surface area contributed by atoms with Crippen LogP contribution in [0.15, 0.2) is 18.2 Å². The van der Waals surface area contributed by atoms with Gasteiger partial charge in [0.25, 0.3) is 5.91 Å². The number of nitrogens with zero attached hydrogens (tertiary/aromatic N) is 4. The topological polar surface area (TPSA) is 87.5 Å². The van der Waals surface area contributed by atoms with Crippen molar-refractivity contribution in [2.75, 3.05) is 32.4 Å². The molecule has 1 aromatic carbocycles. The van der Waals surface area contributed by atoms with Gasteiger partial charge in [0, 0.05) is 44.8 Å². The zero-order valence-electron chi connectivity index (χ0n) is 16.3. The minimum absolute atomic E-state index is 0.0816. The Hall–Kier alpha value is -1.97. The fraction of sp³-hybridized carbons (Fsp3) is 0.556. The Morgan fingerprint density at radius 1 is 1.22 bits per heavy atom. The van der Waals surface area contributed by atoms with Crippen molar-refractivity contribution in [1.82, 2.24) is 24.1 Å². The predicted octanol–water partition coefficient (Wildman–Crippen LogP) is 0.789. The summed E-state index contributed by atoms with van der Waals surface area (Å²) in [5, 5.41) is 2.89. The molecule has 2 heterocycles. The van der Waals surface area contributed by atoms with Gasteiger partial charge in [-0.25, -0.2) is 13.4 Å². The highest BCUT2D eigenvalue weighted by molar-refractivity contribution is 7.88. The van der Waals surface area contributed by atoms with Crippen molar-refractivity contribution in [2.24, 2.45) is 7.05 Å². The van der Waals surface area contributed by atoms with Crippen LogP contribution in [0, 0.1) is 0 Å². The Morgan fingerprint density at radius 3 is 2.48 bits per heavy atom. The molecule has 0 saturated carbocycles. The van der Waals surface area contributed by atoms with Crippen LogP contribution in [-0.4, -0.2) is 71.6 Å². The van der Waals surface area contributed by atoms with Gasteiger partial charge >= 0.3 is 0 Å². The van der Waals surface area contributed by atoms with E-state index < -0.39 is 10.0 Å². The molecule has 2 aromatic rings. The van der Waals surface area contributed by atoms with Crippen LogP contribution < -0.4 is 5.32 Å². The Balaban J connectivity index is 1.74. The number of fused-ring (bicyclic) bond motifs is 1. The summed E-state index contributed by atoms with van der Waals surface area (Å²) in [6, 6.07) is 5.63. The number of rotatable bonds is 5. The minimum atomic E-state index is -3.12. The molecule has 0 atom stereocenters. The molecule has 0 spiro atoms. The Morgan fingerprint density at radius 2 is 1.89 bits per heavy atom. The number of piperazine rings is 1. The van der Waals surface area contributed by atoms with E-state index in [1.807, 2.05) is 43.7 Å². The number of aromatic nitrogens is 2.